The monoisotopic (exact) mass is 594 g/mol. The quantitative estimate of drug-likeness (QED) is 0.244. The van der Waals surface area contributed by atoms with Gasteiger partial charge < -0.3 is 19.5 Å². The lowest BCUT2D eigenvalue weighted by Gasteiger charge is -2.44. The SMILES string of the molecule is C=C1/C(=C\C=C2/CCC[C@]3(C)[C@@H]([C@H](C)CC[C@@H](OC(=O)CCC)C4(c5nc(CCC)no5)CC4)CC[C@@H]23)C[C@@H](O)C[C@@H]1O. The molecule has 4 aliphatic carbocycles. The Hall–Kier alpha value is -2.25. The van der Waals surface area contributed by atoms with E-state index in [1.807, 2.05) is 6.92 Å². The number of hydrogen-bond donors (Lipinski definition) is 2. The van der Waals surface area contributed by atoms with E-state index in [-0.39, 0.29) is 22.9 Å². The van der Waals surface area contributed by atoms with Gasteiger partial charge in [0.05, 0.1) is 17.6 Å². The van der Waals surface area contributed by atoms with E-state index in [2.05, 4.69) is 44.7 Å². The first-order chi connectivity index (χ1) is 20.6. The molecule has 0 spiro atoms. The van der Waals surface area contributed by atoms with Crippen molar-refractivity contribution in [2.45, 2.75) is 148 Å². The van der Waals surface area contributed by atoms with Crippen LogP contribution in [0.3, 0.4) is 0 Å². The number of allylic oxidation sites excluding steroid dienone is 3. The van der Waals surface area contributed by atoms with E-state index in [1.54, 1.807) is 0 Å². The zero-order valence-corrected chi connectivity index (χ0v) is 26.9. The number of nitrogens with zero attached hydrogens (tertiary/aromatic N) is 2. The van der Waals surface area contributed by atoms with Crippen molar-refractivity contribution in [2.75, 3.05) is 0 Å². The van der Waals surface area contributed by atoms with Gasteiger partial charge in [0.15, 0.2) is 5.82 Å². The summed E-state index contributed by atoms with van der Waals surface area (Å²) in [5, 5.41) is 24.7. The number of aryl methyl sites for hydroxylation is 1. The molecule has 2 N–H and O–H groups in total. The molecule has 0 amide bonds. The molecular weight excluding hydrogens is 540 g/mol. The van der Waals surface area contributed by atoms with E-state index in [0.29, 0.717) is 42.9 Å². The van der Waals surface area contributed by atoms with Gasteiger partial charge in [-0.3, -0.25) is 4.79 Å². The first kappa shape index (κ1) is 32.2. The van der Waals surface area contributed by atoms with Crippen molar-refractivity contribution in [3.8, 4) is 0 Å². The molecule has 7 atom stereocenters. The van der Waals surface area contributed by atoms with Gasteiger partial charge in [-0.2, -0.15) is 4.98 Å². The maximum absolute atomic E-state index is 12.7. The van der Waals surface area contributed by atoms with Crippen molar-refractivity contribution < 1.29 is 24.3 Å². The third-order valence-electron chi connectivity index (χ3n) is 11.4. The highest BCUT2D eigenvalue weighted by Gasteiger charge is 2.57. The molecule has 0 unspecified atom stereocenters. The van der Waals surface area contributed by atoms with Crippen LogP contribution in [0.1, 0.15) is 129 Å². The number of ether oxygens (including phenoxy) is 1. The van der Waals surface area contributed by atoms with Crippen molar-refractivity contribution in [3.05, 3.63) is 47.2 Å². The minimum absolute atomic E-state index is 0.121. The Kier molecular flexibility index (Phi) is 10.0. The van der Waals surface area contributed by atoms with Crippen molar-refractivity contribution in [1.29, 1.82) is 0 Å². The number of carbonyl (C=O) groups excluding carboxylic acids is 1. The number of aromatic nitrogens is 2. The number of aliphatic hydroxyl groups excluding tert-OH is 2. The third kappa shape index (κ3) is 6.73. The molecule has 0 saturated heterocycles. The number of esters is 1. The maximum atomic E-state index is 12.7. The van der Waals surface area contributed by atoms with Crippen LogP contribution < -0.4 is 0 Å². The van der Waals surface area contributed by atoms with Crippen molar-refractivity contribution in [1.82, 2.24) is 10.1 Å². The third-order valence-corrected chi connectivity index (χ3v) is 11.4. The molecule has 0 aliphatic heterocycles. The Morgan fingerprint density at radius 2 is 1.95 bits per heavy atom. The summed E-state index contributed by atoms with van der Waals surface area (Å²) >= 11 is 0. The van der Waals surface area contributed by atoms with E-state index in [0.717, 1.165) is 68.3 Å². The summed E-state index contributed by atoms with van der Waals surface area (Å²) in [7, 11) is 0. The molecule has 0 aromatic carbocycles. The van der Waals surface area contributed by atoms with Crippen LogP contribution in [-0.2, 0) is 21.4 Å². The molecule has 4 aliphatic rings. The largest absolute Gasteiger partial charge is 0.461 e. The number of carbonyl (C=O) groups is 1. The molecule has 7 nitrogen and oxygen atoms in total. The molecule has 1 aromatic rings. The molecule has 4 saturated carbocycles. The Balaban J connectivity index is 1.28. The molecule has 238 valence electrons. The van der Waals surface area contributed by atoms with Crippen molar-refractivity contribution in [3.63, 3.8) is 0 Å². The summed E-state index contributed by atoms with van der Waals surface area (Å²) < 4.78 is 12.0. The van der Waals surface area contributed by atoms with Crippen LogP contribution in [0.5, 0.6) is 0 Å². The van der Waals surface area contributed by atoms with E-state index >= 15 is 0 Å². The molecule has 7 heteroatoms. The van der Waals surface area contributed by atoms with Crippen LogP contribution in [-0.4, -0.2) is 44.6 Å². The molecule has 0 bridgehead atoms. The lowest BCUT2D eigenvalue weighted by Crippen LogP contribution is -2.37. The maximum Gasteiger partial charge on any atom is 0.306 e. The Morgan fingerprint density at radius 1 is 1.16 bits per heavy atom. The fourth-order valence-corrected chi connectivity index (χ4v) is 8.75. The molecule has 5 rings (SSSR count). The summed E-state index contributed by atoms with van der Waals surface area (Å²) in [5.41, 5.74) is 3.17. The van der Waals surface area contributed by atoms with Crippen LogP contribution in [0.15, 0.2) is 40.0 Å². The summed E-state index contributed by atoms with van der Waals surface area (Å²) in [5.74, 6) is 2.96. The van der Waals surface area contributed by atoms with E-state index < -0.39 is 12.2 Å². The predicted molar refractivity (Wildman–Crippen MR) is 167 cm³/mol. The molecular formula is C36H54N2O5. The molecule has 1 aromatic heterocycles. The standard InChI is InChI=1S/C36H54N2O5/c1-6-9-32-37-34(43-38-32)36(19-20-36)31(42-33(41)10-7-2)17-12-23(3)28-15-16-29-25(11-8-18-35(28,29)5)13-14-26-21-27(39)22-30(40)24(26)4/h13-14,23,27-31,39-40H,4,6-12,15-22H2,1-3,5H3/b25-13+,26-14-/t23-,27-,28-,29+,30+,31-,35-/m1/s1. The lowest BCUT2D eigenvalue weighted by atomic mass is 9.60. The number of hydrogen-bond acceptors (Lipinski definition) is 7. The van der Waals surface area contributed by atoms with Gasteiger partial charge in [0.25, 0.3) is 0 Å². The van der Waals surface area contributed by atoms with Gasteiger partial charge in [-0.05, 0) is 111 Å². The second-order valence-corrected chi connectivity index (χ2v) is 14.4. The van der Waals surface area contributed by atoms with Gasteiger partial charge in [-0.15, -0.1) is 0 Å². The molecule has 4 fully saturated rings. The van der Waals surface area contributed by atoms with E-state index in [9.17, 15) is 15.0 Å². The number of aliphatic hydroxyl groups is 2. The van der Waals surface area contributed by atoms with Crippen molar-refractivity contribution in [2.24, 2.45) is 23.2 Å². The van der Waals surface area contributed by atoms with Crippen LogP contribution >= 0.6 is 0 Å². The average molecular weight is 595 g/mol. The Bertz CT molecular complexity index is 1210. The van der Waals surface area contributed by atoms with Gasteiger partial charge >= 0.3 is 5.97 Å². The molecule has 1 heterocycles. The topological polar surface area (TPSA) is 106 Å². The Morgan fingerprint density at radius 3 is 2.67 bits per heavy atom. The van der Waals surface area contributed by atoms with Gasteiger partial charge in [-0.1, -0.05) is 57.2 Å². The average Bonchev–Trinajstić information content (AvgIpc) is 3.49. The minimum atomic E-state index is -0.653. The smallest absolute Gasteiger partial charge is 0.306 e. The molecule has 43 heavy (non-hydrogen) atoms. The van der Waals surface area contributed by atoms with Gasteiger partial charge in [-0.25, -0.2) is 0 Å². The highest BCUT2D eigenvalue weighted by Crippen LogP contribution is 2.60. The first-order valence-corrected chi connectivity index (χ1v) is 17.1. The summed E-state index contributed by atoms with van der Waals surface area (Å²) in [4.78, 5) is 17.5. The fourth-order valence-electron chi connectivity index (χ4n) is 8.75. The summed E-state index contributed by atoms with van der Waals surface area (Å²) in [6.45, 7) is 13.1. The second-order valence-electron chi connectivity index (χ2n) is 14.4. The number of fused-ring (bicyclic) bond motifs is 1. The molecule has 0 radical (unpaired) electrons. The Labute approximate surface area is 258 Å². The van der Waals surface area contributed by atoms with E-state index in [1.165, 1.54) is 31.3 Å². The normalized spacial score (nSPS) is 33.4. The number of rotatable bonds is 12. The highest BCUT2D eigenvalue weighted by atomic mass is 16.5. The minimum Gasteiger partial charge on any atom is -0.461 e. The van der Waals surface area contributed by atoms with Crippen LogP contribution in [0.25, 0.3) is 0 Å². The van der Waals surface area contributed by atoms with Gasteiger partial charge in [0.1, 0.15) is 6.10 Å². The van der Waals surface area contributed by atoms with Crippen molar-refractivity contribution >= 4 is 5.97 Å². The zero-order chi connectivity index (χ0) is 30.8. The van der Waals surface area contributed by atoms with Crippen LogP contribution in [0, 0.1) is 23.2 Å². The van der Waals surface area contributed by atoms with Crippen LogP contribution in [0.4, 0.5) is 0 Å². The summed E-state index contributed by atoms with van der Waals surface area (Å²) in [6.07, 6.45) is 16.6. The van der Waals surface area contributed by atoms with Gasteiger partial charge in [0.2, 0.25) is 5.89 Å². The van der Waals surface area contributed by atoms with Gasteiger partial charge in [0, 0.05) is 19.3 Å². The van der Waals surface area contributed by atoms with Crippen LogP contribution in [0.2, 0.25) is 0 Å². The lowest BCUT2D eigenvalue weighted by molar-refractivity contribution is -0.152. The fraction of sp³-hybridized carbons (Fsp3) is 0.750. The first-order valence-electron chi connectivity index (χ1n) is 17.1. The van der Waals surface area contributed by atoms with E-state index in [4.69, 9.17) is 14.2 Å². The highest BCUT2D eigenvalue weighted by molar-refractivity contribution is 5.69. The predicted octanol–water partition coefficient (Wildman–Crippen LogP) is 7.32. The summed E-state index contributed by atoms with van der Waals surface area (Å²) in [6, 6.07) is 0. The second kappa shape index (κ2) is 13.4. The zero-order valence-electron chi connectivity index (χ0n) is 26.9.